The van der Waals surface area contributed by atoms with Gasteiger partial charge in [-0.15, -0.1) is 0 Å². The Bertz CT molecular complexity index is 444. The van der Waals surface area contributed by atoms with Gasteiger partial charge < -0.3 is 5.73 Å². The van der Waals surface area contributed by atoms with E-state index in [0.717, 1.165) is 16.9 Å². The molecule has 2 nitrogen and oxygen atoms in total. The molecule has 2 aromatic carbocycles. The molecule has 0 radical (unpaired) electrons. The molecule has 74 valence electrons. The molecule has 0 saturated carbocycles. The van der Waals surface area contributed by atoms with Crippen molar-refractivity contribution in [3.8, 4) is 0 Å². The van der Waals surface area contributed by atoms with Crippen molar-refractivity contribution in [2.45, 2.75) is 0 Å². The highest BCUT2D eigenvalue weighted by Crippen LogP contribution is 2.10. The summed E-state index contributed by atoms with van der Waals surface area (Å²) in [5.74, 6) is 0. The number of nitrogens with zero attached hydrogens (tertiary/aromatic N) is 1. The van der Waals surface area contributed by atoms with Gasteiger partial charge in [-0.1, -0.05) is 30.3 Å². The first kappa shape index (κ1) is 9.46. The fraction of sp³-hybridized carbons (Fsp3) is 0. The zero-order valence-corrected chi connectivity index (χ0v) is 8.30. The molecule has 0 aliphatic heterocycles. The predicted octanol–water partition coefficient (Wildman–Crippen LogP) is 3.02. The Morgan fingerprint density at radius 2 is 1.53 bits per heavy atom. The van der Waals surface area contributed by atoms with Crippen LogP contribution in [0.25, 0.3) is 0 Å². The van der Waals surface area contributed by atoms with Crippen LogP contribution in [0.2, 0.25) is 0 Å². The summed E-state index contributed by atoms with van der Waals surface area (Å²) in [6.45, 7) is 0. The molecule has 0 bridgehead atoms. The topological polar surface area (TPSA) is 38.4 Å². The van der Waals surface area contributed by atoms with E-state index in [1.807, 2.05) is 60.8 Å². The van der Waals surface area contributed by atoms with Crippen molar-refractivity contribution < 1.29 is 0 Å². The van der Waals surface area contributed by atoms with Crippen LogP contribution in [-0.4, -0.2) is 6.21 Å². The van der Waals surface area contributed by atoms with Crippen LogP contribution in [0.3, 0.4) is 0 Å². The molecule has 2 N–H and O–H groups in total. The summed E-state index contributed by atoms with van der Waals surface area (Å²) < 4.78 is 0. The molecule has 0 unspecified atom stereocenters. The van der Waals surface area contributed by atoms with Crippen LogP contribution in [0, 0.1) is 0 Å². The number of rotatable bonds is 2. The van der Waals surface area contributed by atoms with Gasteiger partial charge in [0.25, 0.3) is 0 Å². The Morgan fingerprint density at radius 1 is 0.867 bits per heavy atom. The SMILES string of the molecule is Nc1ccc(/C=N/c2ccccc2)cc1. The van der Waals surface area contributed by atoms with Crippen LogP contribution < -0.4 is 5.73 Å². The van der Waals surface area contributed by atoms with Gasteiger partial charge in [0, 0.05) is 11.9 Å². The molecule has 0 spiro atoms. The minimum absolute atomic E-state index is 0.770. The first-order chi connectivity index (χ1) is 7.34. The van der Waals surface area contributed by atoms with Crippen molar-refractivity contribution in [3.63, 3.8) is 0 Å². The van der Waals surface area contributed by atoms with E-state index in [4.69, 9.17) is 5.73 Å². The van der Waals surface area contributed by atoms with Gasteiger partial charge in [0.05, 0.1) is 5.69 Å². The average molecular weight is 196 g/mol. The van der Waals surface area contributed by atoms with E-state index < -0.39 is 0 Å². The van der Waals surface area contributed by atoms with E-state index in [9.17, 15) is 0 Å². The van der Waals surface area contributed by atoms with Crippen molar-refractivity contribution in [3.05, 3.63) is 60.2 Å². The summed E-state index contributed by atoms with van der Waals surface area (Å²) in [4.78, 5) is 4.34. The van der Waals surface area contributed by atoms with E-state index in [0.29, 0.717) is 0 Å². The van der Waals surface area contributed by atoms with Crippen molar-refractivity contribution in [1.29, 1.82) is 0 Å². The van der Waals surface area contributed by atoms with E-state index in [1.165, 1.54) is 0 Å². The van der Waals surface area contributed by atoms with E-state index >= 15 is 0 Å². The summed E-state index contributed by atoms with van der Waals surface area (Å²) in [7, 11) is 0. The maximum Gasteiger partial charge on any atom is 0.0629 e. The minimum atomic E-state index is 0.770. The quantitative estimate of drug-likeness (QED) is 0.582. The summed E-state index contributed by atoms with van der Waals surface area (Å²) in [5.41, 5.74) is 8.36. The van der Waals surface area contributed by atoms with Gasteiger partial charge >= 0.3 is 0 Å². The number of benzene rings is 2. The monoisotopic (exact) mass is 196 g/mol. The lowest BCUT2D eigenvalue weighted by Crippen LogP contribution is -1.85. The molecule has 0 amide bonds. The zero-order chi connectivity index (χ0) is 10.5. The molecule has 0 aromatic heterocycles. The molecular formula is C13H12N2. The van der Waals surface area contributed by atoms with Crippen LogP contribution in [0.4, 0.5) is 11.4 Å². The molecule has 0 aliphatic carbocycles. The van der Waals surface area contributed by atoms with Crippen molar-refractivity contribution >= 4 is 17.6 Å². The molecule has 0 saturated heterocycles. The highest BCUT2D eigenvalue weighted by molar-refractivity contribution is 5.82. The first-order valence-electron chi connectivity index (χ1n) is 4.79. The molecule has 0 atom stereocenters. The number of nitrogen functional groups attached to an aromatic ring is 1. The van der Waals surface area contributed by atoms with Crippen molar-refractivity contribution in [1.82, 2.24) is 0 Å². The Balaban J connectivity index is 2.15. The van der Waals surface area contributed by atoms with Gasteiger partial charge in [-0.3, -0.25) is 4.99 Å². The van der Waals surface area contributed by atoms with Gasteiger partial charge in [-0.2, -0.15) is 0 Å². The maximum atomic E-state index is 5.59. The summed E-state index contributed by atoms with van der Waals surface area (Å²) in [6.07, 6.45) is 1.83. The lowest BCUT2D eigenvalue weighted by molar-refractivity contribution is 1.53. The highest BCUT2D eigenvalue weighted by Gasteiger charge is 1.88. The third kappa shape index (κ3) is 2.68. The Hall–Kier alpha value is -2.09. The maximum absolute atomic E-state index is 5.59. The van der Waals surface area contributed by atoms with Crippen LogP contribution in [0.15, 0.2) is 59.6 Å². The predicted molar refractivity (Wildman–Crippen MR) is 64.6 cm³/mol. The van der Waals surface area contributed by atoms with Gasteiger partial charge in [0.15, 0.2) is 0 Å². The van der Waals surface area contributed by atoms with E-state index in [-0.39, 0.29) is 0 Å². The summed E-state index contributed by atoms with van der Waals surface area (Å²) in [6, 6.07) is 17.5. The third-order valence-electron chi connectivity index (χ3n) is 2.06. The molecule has 2 rings (SSSR count). The molecule has 15 heavy (non-hydrogen) atoms. The summed E-state index contributed by atoms with van der Waals surface area (Å²) >= 11 is 0. The van der Waals surface area contributed by atoms with E-state index in [1.54, 1.807) is 0 Å². The molecule has 2 aromatic rings. The number of hydrogen-bond donors (Lipinski definition) is 1. The van der Waals surface area contributed by atoms with Crippen LogP contribution >= 0.6 is 0 Å². The minimum Gasteiger partial charge on any atom is -0.399 e. The standard InChI is InChI=1S/C13H12N2/c14-12-8-6-11(7-9-12)10-15-13-4-2-1-3-5-13/h1-10H,14H2/b15-10+. The Labute approximate surface area is 89.1 Å². The normalized spacial score (nSPS) is 10.7. The van der Waals surface area contributed by atoms with Crippen LogP contribution in [0.5, 0.6) is 0 Å². The number of anilines is 1. The fourth-order valence-corrected chi connectivity index (χ4v) is 1.25. The van der Waals surface area contributed by atoms with Gasteiger partial charge in [0.1, 0.15) is 0 Å². The molecule has 0 heterocycles. The summed E-state index contributed by atoms with van der Waals surface area (Å²) in [5, 5.41) is 0. The van der Waals surface area contributed by atoms with Crippen LogP contribution in [-0.2, 0) is 0 Å². The van der Waals surface area contributed by atoms with Crippen molar-refractivity contribution in [2.75, 3.05) is 5.73 Å². The molecule has 0 aliphatic rings. The largest absolute Gasteiger partial charge is 0.399 e. The fourth-order valence-electron chi connectivity index (χ4n) is 1.25. The lowest BCUT2D eigenvalue weighted by atomic mass is 10.2. The van der Waals surface area contributed by atoms with E-state index in [2.05, 4.69) is 4.99 Å². The number of aliphatic imine (C=N–C) groups is 1. The Morgan fingerprint density at radius 3 is 2.20 bits per heavy atom. The van der Waals surface area contributed by atoms with Gasteiger partial charge in [-0.25, -0.2) is 0 Å². The molecule has 0 fully saturated rings. The highest BCUT2D eigenvalue weighted by atomic mass is 14.7. The molecule has 2 heteroatoms. The number of hydrogen-bond acceptors (Lipinski definition) is 2. The second-order valence-electron chi connectivity index (χ2n) is 3.26. The third-order valence-corrected chi connectivity index (χ3v) is 2.06. The van der Waals surface area contributed by atoms with Gasteiger partial charge in [-0.05, 0) is 29.8 Å². The average Bonchev–Trinajstić information content (AvgIpc) is 2.30. The van der Waals surface area contributed by atoms with Crippen molar-refractivity contribution in [2.24, 2.45) is 4.99 Å². The first-order valence-corrected chi connectivity index (χ1v) is 4.79. The smallest absolute Gasteiger partial charge is 0.0629 e. The molecular weight excluding hydrogens is 184 g/mol. The zero-order valence-electron chi connectivity index (χ0n) is 8.30. The number of para-hydroxylation sites is 1. The second-order valence-corrected chi connectivity index (χ2v) is 3.26. The Kier molecular flexibility index (Phi) is 2.79. The van der Waals surface area contributed by atoms with Crippen LogP contribution in [0.1, 0.15) is 5.56 Å². The lowest BCUT2D eigenvalue weighted by Gasteiger charge is -1.94. The van der Waals surface area contributed by atoms with Gasteiger partial charge in [0.2, 0.25) is 0 Å². The second kappa shape index (κ2) is 4.42. The number of nitrogens with two attached hydrogens (primary N) is 1.